The van der Waals surface area contributed by atoms with Crippen LogP contribution in [-0.4, -0.2) is 5.11 Å². The summed E-state index contributed by atoms with van der Waals surface area (Å²) in [4.78, 5) is 1.05. The van der Waals surface area contributed by atoms with Gasteiger partial charge in [0.2, 0.25) is 0 Å². The molecule has 0 bridgehead atoms. The standard InChI is InChI=1S/C8H11BrOS/c1-2-3-7(10)8-6(9)4-5-11-8/h4-5,7,10H,2-3H2,1H3. The van der Waals surface area contributed by atoms with E-state index in [1.54, 1.807) is 11.3 Å². The number of halogens is 1. The summed E-state index contributed by atoms with van der Waals surface area (Å²) in [7, 11) is 0. The molecule has 1 rings (SSSR count). The lowest BCUT2D eigenvalue weighted by Gasteiger charge is -2.06. The molecule has 0 aliphatic carbocycles. The summed E-state index contributed by atoms with van der Waals surface area (Å²) in [5.74, 6) is 0. The molecule has 1 atom stereocenters. The van der Waals surface area contributed by atoms with Crippen LogP contribution in [0.25, 0.3) is 0 Å². The van der Waals surface area contributed by atoms with Crippen molar-refractivity contribution in [2.75, 3.05) is 0 Å². The summed E-state index contributed by atoms with van der Waals surface area (Å²) in [6.45, 7) is 2.07. The van der Waals surface area contributed by atoms with Crippen LogP contribution in [-0.2, 0) is 0 Å². The zero-order chi connectivity index (χ0) is 8.27. The summed E-state index contributed by atoms with van der Waals surface area (Å²) in [5.41, 5.74) is 0. The van der Waals surface area contributed by atoms with Gasteiger partial charge in [-0.3, -0.25) is 0 Å². The molecule has 0 aromatic carbocycles. The van der Waals surface area contributed by atoms with Crippen LogP contribution in [0.1, 0.15) is 30.7 Å². The predicted octanol–water partition coefficient (Wildman–Crippen LogP) is 3.34. The second-order valence-corrected chi connectivity index (χ2v) is 4.24. The van der Waals surface area contributed by atoms with E-state index < -0.39 is 0 Å². The molecule has 1 N–H and O–H groups in total. The summed E-state index contributed by atoms with van der Waals surface area (Å²) in [5, 5.41) is 11.6. The van der Waals surface area contributed by atoms with Crippen LogP contribution in [0.4, 0.5) is 0 Å². The van der Waals surface area contributed by atoms with Crippen molar-refractivity contribution in [2.24, 2.45) is 0 Å². The van der Waals surface area contributed by atoms with E-state index in [1.807, 2.05) is 11.4 Å². The van der Waals surface area contributed by atoms with Gasteiger partial charge in [0.1, 0.15) is 0 Å². The van der Waals surface area contributed by atoms with E-state index in [1.165, 1.54) is 0 Å². The van der Waals surface area contributed by atoms with Gasteiger partial charge in [0.05, 0.1) is 6.10 Å². The monoisotopic (exact) mass is 234 g/mol. The van der Waals surface area contributed by atoms with Crippen molar-refractivity contribution in [1.82, 2.24) is 0 Å². The maximum atomic E-state index is 9.57. The molecule has 1 heterocycles. The highest BCUT2D eigenvalue weighted by molar-refractivity contribution is 9.10. The zero-order valence-corrected chi connectivity index (χ0v) is 8.78. The van der Waals surface area contributed by atoms with Gasteiger partial charge in [-0.25, -0.2) is 0 Å². The molecule has 0 aliphatic heterocycles. The van der Waals surface area contributed by atoms with Crippen LogP contribution in [0.3, 0.4) is 0 Å². The SMILES string of the molecule is CCCC(O)c1sccc1Br. The van der Waals surface area contributed by atoms with Crippen molar-refractivity contribution in [1.29, 1.82) is 0 Å². The minimum absolute atomic E-state index is 0.283. The highest BCUT2D eigenvalue weighted by Crippen LogP contribution is 2.31. The summed E-state index contributed by atoms with van der Waals surface area (Å²) in [6.07, 6.45) is 1.58. The molecule has 11 heavy (non-hydrogen) atoms. The molecule has 62 valence electrons. The number of hydrogen-bond acceptors (Lipinski definition) is 2. The summed E-state index contributed by atoms with van der Waals surface area (Å²) in [6, 6.07) is 1.97. The first-order chi connectivity index (χ1) is 5.25. The third-order valence-corrected chi connectivity index (χ3v) is 3.48. The van der Waals surface area contributed by atoms with Gasteiger partial charge in [-0.05, 0) is 33.8 Å². The lowest BCUT2D eigenvalue weighted by Crippen LogP contribution is -1.93. The minimum atomic E-state index is -0.283. The van der Waals surface area contributed by atoms with E-state index in [0.717, 1.165) is 22.2 Å². The fraction of sp³-hybridized carbons (Fsp3) is 0.500. The first-order valence-corrected chi connectivity index (χ1v) is 5.34. The van der Waals surface area contributed by atoms with Gasteiger partial charge in [0, 0.05) is 9.35 Å². The van der Waals surface area contributed by atoms with Crippen molar-refractivity contribution in [3.05, 3.63) is 20.8 Å². The number of thiophene rings is 1. The highest BCUT2D eigenvalue weighted by Gasteiger charge is 2.10. The number of rotatable bonds is 3. The maximum absolute atomic E-state index is 9.57. The molecule has 1 nitrogen and oxygen atoms in total. The minimum Gasteiger partial charge on any atom is -0.388 e. The third-order valence-electron chi connectivity index (χ3n) is 1.51. The Bertz CT molecular complexity index is 222. The van der Waals surface area contributed by atoms with Gasteiger partial charge in [-0.1, -0.05) is 13.3 Å². The van der Waals surface area contributed by atoms with Crippen molar-refractivity contribution < 1.29 is 5.11 Å². The molecule has 0 saturated carbocycles. The van der Waals surface area contributed by atoms with Crippen LogP contribution in [0, 0.1) is 0 Å². The lowest BCUT2D eigenvalue weighted by molar-refractivity contribution is 0.169. The molecule has 1 aromatic heterocycles. The lowest BCUT2D eigenvalue weighted by atomic mass is 10.2. The summed E-state index contributed by atoms with van der Waals surface area (Å²) < 4.78 is 1.03. The molecule has 0 radical (unpaired) electrons. The molecule has 0 saturated heterocycles. The normalized spacial score (nSPS) is 13.4. The van der Waals surface area contributed by atoms with E-state index in [4.69, 9.17) is 0 Å². The Labute approximate surface area is 79.2 Å². The molecule has 0 aliphatic rings. The van der Waals surface area contributed by atoms with E-state index in [0.29, 0.717) is 0 Å². The first kappa shape index (κ1) is 9.23. The fourth-order valence-electron chi connectivity index (χ4n) is 0.948. The van der Waals surface area contributed by atoms with E-state index in [-0.39, 0.29) is 6.10 Å². The van der Waals surface area contributed by atoms with Gasteiger partial charge in [-0.2, -0.15) is 0 Å². The number of aliphatic hydroxyl groups is 1. The molecule has 0 fully saturated rings. The quantitative estimate of drug-likeness (QED) is 0.851. The molecule has 1 unspecified atom stereocenters. The van der Waals surface area contributed by atoms with Gasteiger partial charge < -0.3 is 5.11 Å². The topological polar surface area (TPSA) is 20.2 Å². The summed E-state index contributed by atoms with van der Waals surface area (Å²) >= 11 is 4.99. The first-order valence-electron chi connectivity index (χ1n) is 3.66. The van der Waals surface area contributed by atoms with Crippen molar-refractivity contribution in [3.63, 3.8) is 0 Å². The van der Waals surface area contributed by atoms with E-state index in [2.05, 4.69) is 22.9 Å². The Morgan fingerprint density at radius 2 is 2.45 bits per heavy atom. The Kier molecular flexibility index (Phi) is 3.55. The average Bonchev–Trinajstić information content (AvgIpc) is 2.36. The highest BCUT2D eigenvalue weighted by atomic mass is 79.9. The second kappa shape index (κ2) is 4.24. The molecule has 0 amide bonds. The molecular formula is C8H11BrOS. The molecule has 0 spiro atoms. The van der Waals surface area contributed by atoms with Crippen LogP contribution < -0.4 is 0 Å². The number of hydrogen-bond donors (Lipinski definition) is 1. The second-order valence-electron chi connectivity index (χ2n) is 2.44. The zero-order valence-electron chi connectivity index (χ0n) is 6.38. The van der Waals surface area contributed by atoms with Crippen molar-refractivity contribution >= 4 is 27.3 Å². The molecule has 1 aromatic rings. The average molecular weight is 235 g/mol. The largest absolute Gasteiger partial charge is 0.388 e. The van der Waals surface area contributed by atoms with Gasteiger partial charge in [0.15, 0.2) is 0 Å². The Morgan fingerprint density at radius 3 is 2.91 bits per heavy atom. The fourth-order valence-corrected chi connectivity index (χ4v) is 2.61. The van der Waals surface area contributed by atoms with Gasteiger partial charge in [-0.15, -0.1) is 11.3 Å². The van der Waals surface area contributed by atoms with Crippen LogP contribution in [0.2, 0.25) is 0 Å². The van der Waals surface area contributed by atoms with Gasteiger partial charge >= 0.3 is 0 Å². The Morgan fingerprint density at radius 1 is 1.73 bits per heavy atom. The van der Waals surface area contributed by atoms with Crippen molar-refractivity contribution in [2.45, 2.75) is 25.9 Å². The predicted molar refractivity (Wildman–Crippen MR) is 51.9 cm³/mol. The van der Waals surface area contributed by atoms with Crippen molar-refractivity contribution in [3.8, 4) is 0 Å². The van der Waals surface area contributed by atoms with Crippen LogP contribution in [0.15, 0.2) is 15.9 Å². The Hall–Kier alpha value is 0.140. The van der Waals surface area contributed by atoms with E-state index in [9.17, 15) is 5.11 Å². The maximum Gasteiger partial charge on any atom is 0.0893 e. The molecular weight excluding hydrogens is 224 g/mol. The van der Waals surface area contributed by atoms with Gasteiger partial charge in [0.25, 0.3) is 0 Å². The molecule has 3 heteroatoms. The van der Waals surface area contributed by atoms with Crippen LogP contribution >= 0.6 is 27.3 Å². The number of aliphatic hydroxyl groups excluding tert-OH is 1. The van der Waals surface area contributed by atoms with Crippen LogP contribution in [0.5, 0.6) is 0 Å². The Balaban J connectivity index is 2.67. The smallest absolute Gasteiger partial charge is 0.0893 e. The van der Waals surface area contributed by atoms with E-state index >= 15 is 0 Å². The third kappa shape index (κ3) is 2.29.